The van der Waals surface area contributed by atoms with Crippen LogP contribution in [0.3, 0.4) is 0 Å². The van der Waals surface area contributed by atoms with Crippen molar-refractivity contribution in [3.05, 3.63) is 36.2 Å². The van der Waals surface area contributed by atoms with E-state index in [4.69, 9.17) is 10.5 Å². The first-order valence-corrected chi connectivity index (χ1v) is 6.76. The van der Waals surface area contributed by atoms with Gasteiger partial charge >= 0.3 is 0 Å². The first-order chi connectivity index (χ1) is 8.33. The van der Waals surface area contributed by atoms with Gasteiger partial charge in [-0.25, -0.2) is 4.98 Å². The molecule has 4 nitrogen and oxygen atoms in total. The molecule has 0 saturated carbocycles. The molecule has 1 aromatic heterocycles. The highest BCUT2D eigenvalue weighted by Crippen LogP contribution is 2.35. The molecular weight excluding hydrogens is 254 g/mol. The first kappa shape index (κ1) is 12.3. The highest BCUT2D eigenvalue weighted by Gasteiger charge is 2.13. The van der Waals surface area contributed by atoms with Gasteiger partial charge < -0.3 is 10.5 Å². The zero-order valence-electron chi connectivity index (χ0n) is 9.37. The summed E-state index contributed by atoms with van der Waals surface area (Å²) in [5.74, 6) is 0.852. The van der Waals surface area contributed by atoms with Crippen LogP contribution in [-0.2, 0) is 0 Å². The minimum atomic E-state index is 0.203. The van der Waals surface area contributed by atoms with Gasteiger partial charge in [0, 0.05) is 11.8 Å². The molecule has 0 radical (unpaired) electrons. The Labute approximate surface area is 108 Å². The summed E-state index contributed by atoms with van der Waals surface area (Å²) >= 11 is 3.03. The Morgan fingerprint density at radius 1 is 1.41 bits per heavy atom. The van der Waals surface area contributed by atoms with Crippen molar-refractivity contribution in [1.82, 2.24) is 9.36 Å². The lowest BCUT2D eigenvalue weighted by atomic mass is 10.1. The Kier molecular flexibility index (Phi) is 4.36. The van der Waals surface area contributed by atoms with Gasteiger partial charge in [0.25, 0.3) is 0 Å². The molecule has 1 unspecified atom stereocenters. The fourth-order valence-electron chi connectivity index (χ4n) is 1.41. The summed E-state index contributed by atoms with van der Waals surface area (Å²) in [4.78, 5) is 4.15. The number of ether oxygens (including phenoxy) is 1. The summed E-state index contributed by atoms with van der Waals surface area (Å²) in [5, 5.41) is 0.203. The fourth-order valence-corrected chi connectivity index (χ4v) is 3.08. The molecule has 0 fully saturated rings. The van der Waals surface area contributed by atoms with Gasteiger partial charge in [0.2, 0.25) is 0 Å². The molecule has 1 atom stereocenters. The Bertz CT molecular complexity index is 444. The Morgan fingerprint density at radius 2 is 2.18 bits per heavy atom. The number of nitrogens with two attached hydrogens (primary N) is 1. The third-order valence-corrected chi connectivity index (χ3v) is 4.32. The lowest BCUT2D eigenvalue weighted by molar-refractivity contribution is 0.414. The molecule has 17 heavy (non-hydrogen) atoms. The number of nitrogens with zero attached hydrogens (tertiary/aromatic N) is 2. The van der Waals surface area contributed by atoms with E-state index in [1.54, 1.807) is 25.2 Å². The molecule has 2 N–H and O–H groups in total. The Balaban J connectivity index is 2.11. The molecule has 0 amide bonds. The number of methoxy groups -OCH3 is 1. The monoisotopic (exact) mass is 267 g/mol. The van der Waals surface area contributed by atoms with E-state index in [1.807, 2.05) is 24.3 Å². The smallest absolute Gasteiger partial charge is 0.170 e. The SMILES string of the molecule is COc1ccc(C(CN)Sc2ncns2)cc1. The second kappa shape index (κ2) is 6.00. The molecule has 0 spiro atoms. The van der Waals surface area contributed by atoms with Gasteiger partial charge in [-0.1, -0.05) is 23.9 Å². The molecule has 0 aliphatic rings. The van der Waals surface area contributed by atoms with Gasteiger partial charge in [0.1, 0.15) is 12.1 Å². The van der Waals surface area contributed by atoms with Gasteiger partial charge in [0.15, 0.2) is 4.34 Å². The zero-order chi connectivity index (χ0) is 12.1. The Morgan fingerprint density at radius 3 is 2.71 bits per heavy atom. The van der Waals surface area contributed by atoms with Gasteiger partial charge in [-0.3, -0.25) is 0 Å². The largest absolute Gasteiger partial charge is 0.497 e. The van der Waals surface area contributed by atoms with Gasteiger partial charge in [-0.15, -0.1) is 0 Å². The van der Waals surface area contributed by atoms with Crippen molar-refractivity contribution < 1.29 is 4.74 Å². The van der Waals surface area contributed by atoms with Crippen LogP contribution in [0.2, 0.25) is 0 Å². The van der Waals surface area contributed by atoms with Crippen LogP contribution in [0.4, 0.5) is 0 Å². The number of hydrogen-bond acceptors (Lipinski definition) is 6. The molecular formula is C11H13N3OS2. The molecule has 1 aromatic carbocycles. The molecule has 1 heterocycles. The Hall–Kier alpha value is -1.11. The van der Waals surface area contributed by atoms with Crippen molar-refractivity contribution in [3.8, 4) is 5.75 Å². The first-order valence-electron chi connectivity index (χ1n) is 5.11. The molecule has 0 aliphatic heterocycles. The summed E-state index contributed by atoms with van der Waals surface area (Å²) in [6.07, 6.45) is 1.56. The summed E-state index contributed by atoms with van der Waals surface area (Å²) in [6, 6.07) is 7.95. The van der Waals surface area contributed by atoms with E-state index in [0.717, 1.165) is 10.1 Å². The minimum Gasteiger partial charge on any atom is -0.497 e. The maximum absolute atomic E-state index is 5.80. The lowest BCUT2D eigenvalue weighted by Gasteiger charge is -2.13. The van der Waals surface area contributed by atoms with Gasteiger partial charge in [-0.05, 0) is 29.2 Å². The van der Waals surface area contributed by atoms with E-state index in [2.05, 4.69) is 9.36 Å². The average Bonchev–Trinajstić information content (AvgIpc) is 2.89. The molecule has 6 heteroatoms. The summed E-state index contributed by atoms with van der Waals surface area (Å²) in [7, 11) is 1.66. The van der Waals surface area contributed by atoms with Crippen LogP contribution < -0.4 is 10.5 Å². The third kappa shape index (κ3) is 3.18. The van der Waals surface area contributed by atoms with Crippen LogP contribution in [0.1, 0.15) is 10.8 Å². The maximum atomic E-state index is 5.80. The number of rotatable bonds is 5. The van der Waals surface area contributed by atoms with Gasteiger partial charge in [0.05, 0.1) is 7.11 Å². The topological polar surface area (TPSA) is 61.0 Å². The predicted octanol–water partition coefficient (Wildman–Crippen LogP) is 2.34. The van der Waals surface area contributed by atoms with E-state index in [0.29, 0.717) is 6.54 Å². The van der Waals surface area contributed by atoms with Crippen LogP contribution in [-0.4, -0.2) is 23.0 Å². The van der Waals surface area contributed by atoms with Crippen molar-refractivity contribution in [3.63, 3.8) is 0 Å². The predicted molar refractivity (Wildman–Crippen MR) is 70.6 cm³/mol. The highest BCUT2D eigenvalue weighted by molar-refractivity contribution is 8.01. The summed E-state index contributed by atoms with van der Waals surface area (Å²) in [6.45, 7) is 0.566. The van der Waals surface area contributed by atoms with E-state index < -0.39 is 0 Å². The number of aromatic nitrogens is 2. The van der Waals surface area contributed by atoms with Crippen LogP contribution in [0.25, 0.3) is 0 Å². The molecule has 90 valence electrons. The van der Waals surface area contributed by atoms with Crippen LogP contribution in [0.5, 0.6) is 5.75 Å². The molecule has 0 saturated heterocycles. The highest BCUT2D eigenvalue weighted by atomic mass is 32.2. The van der Waals surface area contributed by atoms with Crippen LogP contribution in [0, 0.1) is 0 Å². The molecule has 0 bridgehead atoms. The number of hydrogen-bond donors (Lipinski definition) is 1. The quantitative estimate of drug-likeness (QED) is 0.843. The number of benzene rings is 1. The molecule has 2 aromatic rings. The lowest BCUT2D eigenvalue weighted by Crippen LogP contribution is -2.09. The van der Waals surface area contributed by atoms with Crippen molar-refractivity contribution >= 4 is 23.3 Å². The van der Waals surface area contributed by atoms with E-state index in [-0.39, 0.29) is 5.25 Å². The standard InChI is InChI=1S/C11H13N3OS2/c1-15-9-4-2-8(3-5-9)10(6-12)16-11-13-7-14-17-11/h2-5,7,10H,6,12H2,1H3. The van der Waals surface area contributed by atoms with Gasteiger partial charge in [-0.2, -0.15) is 4.37 Å². The fraction of sp³-hybridized carbons (Fsp3) is 0.273. The minimum absolute atomic E-state index is 0.203. The van der Waals surface area contributed by atoms with Crippen LogP contribution in [0.15, 0.2) is 34.9 Å². The summed E-state index contributed by atoms with van der Waals surface area (Å²) in [5.41, 5.74) is 6.97. The number of thioether (sulfide) groups is 1. The zero-order valence-corrected chi connectivity index (χ0v) is 11.0. The molecule has 0 aliphatic carbocycles. The van der Waals surface area contributed by atoms with E-state index in [9.17, 15) is 0 Å². The maximum Gasteiger partial charge on any atom is 0.170 e. The van der Waals surface area contributed by atoms with Crippen LogP contribution >= 0.6 is 23.3 Å². The summed E-state index contributed by atoms with van der Waals surface area (Å²) < 4.78 is 10.1. The second-order valence-electron chi connectivity index (χ2n) is 3.32. The van der Waals surface area contributed by atoms with E-state index >= 15 is 0 Å². The second-order valence-corrected chi connectivity index (χ2v) is 5.55. The van der Waals surface area contributed by atoms with Crippen molar-refractivity contribution in [1.29, 1.82) is 0 Å². The average molecular weight is 267 g/mol. The van der Waals surface area contributed by atoms with Crippen molar-refractivity contribution in [2.75, 3.05) is 13.7 Å². The normalized spacial score (nSPS) is 12.4. The van der Waals surface area contributed by atoms with Crippen molar-refractivity contribution in [2.24, 2.45) is 5.73 Å². The van der Waals surface area contributed by atoms with Crippen molar-refractivity contribution in [2.45, 2.75) is 9.59 Å². The van der Waals surface area contributed by atoms with E-state index in [1.165, 1.54) is 17.1 Å². The molecule has 2 rings (SSSR count). The third-order valence-electron chi connectivity index (χ3n) is 2.29.